The largest absolute Gasteiger partial charge is 0.471 e. The van der Waals surface area contributed by atoms with Gasteiger partial charge in [0.05, 0.1) is 0 Å². The highest BCUT2D eigenvalue weighted by Crippen LogP contribution is 2.28. The SMILES string of the molecule is O=C1C[C@H]2NCC[C@H]2N1CCc1noc(C(F)(F)F)n1. The Hall–Kier alpha value is -1.64. The Morgan fingerprint density at radius 2 is 2.25 bits per heavy atom. The van der Waals surface area contributed by atoms with E-state index in [1.54, 1.807) is 4.90 Å². The van der Waals surface area contributed by atoms with E-state index in [1.807, 2.05) is 0 Å². The Morgan fingerprint density at radius 1 is 1.45 bits per heavy atom. The number of likely N-dealkylation sites (tertiary alicyclic amines) is 1. The normalized spacial score (nSPS) is 26.4. The number of rotatable bonds is 3. The van der Waals surface area contributed by atoms with Gasteiger partial charge in [0, 0.05) is 31.5 Å². The van der Waals surface area contributed by atoms with E-state index in [2.05, 4.69) is 20.0 Å². The van der Waals surface area contributed by atoms with Crippen molar-refractivity contribution >= 4 is 5.91 Å². The van der Waals surface area contributed by atoms with Gasteiger partial charge in [0.1, 0.15) is 0 Å². The molecule has 2 atom stereocenters. The minimum Gasteiger partial charge on any atom is -0.338 e. The van der Waals surface area contributed by atoms with Gasteiger partial charge in [-0.25, -0.2) is 0 Å². The molecule has 2 saturated heterocycles. The van der Waals surface area contributed by atoms with Crippen LogP contribution in [0.1, 0.15) is 24.6 Å². The summed E-state index contributed by atoms with van der Waals surface area (Å²) < 4.78 is 41.1. The predicted octanol–water partition coefficient (Wildman–Crippen LogP) is 0.594. The number of halogens is 3. The van der Waals surface area contributed by atoms with Gasteiger partial charge < -0.3 is 14.7 Å². The molecule has 1 amide bonds. The lowest BCUT2D eigenvalue weighted by Crippen LogP contribution is -2.37. The Kier molecular flexibility index (Phi) is 3.15. The molecule has 3 rings (SSSR count). The molecule has 3 heterocycles. The summed E-state index contributed by atoms with van der Waals surface area (Å²) in [7, 11) is 0. The molecular weight excluding hydrogens is 277 g/mol. The van der Waals surface area contributed by atoms with Gasteiger partial charge in [0.15, 0.2) is 5.82 Å². The second-order valence-electron chi connectivity index (χ2n) is 4.97. The van der Waals surface area contributed by atoms with E-state index in [0.29, 0.717) is 13.0 Å². The highest BCUT2D eigenvalue weighted by Gasteiger charge is 2.42. The van der Waals surface area contributed by atoms with Gasteiger partial charge in [-0.3, -0.25) is 4.79 Å². The van der Waals surface area contributed by atoms with Crippen LogP contribution in [-0.2, 0) is 17.4 Å². The number of fused-ring (bicyclic) bond motifs is 1. The monoisotopic (exact) mass is 290 g/mol. The summed E-state index contributed by atoms with van der Waals surface area (Å²) in [6.07, 6.45) is -3.15. The van der Waals surface area contributed by atoms with Gasteiger partial charge >= 0.3 is 12.1 Å². The molecule has 0 aromatic carbocycles. The molecule has 2 aliphatic heterocycles. The fraction of sp³-hybridized carbons (Fsp3) is 0.727. The maximum Gasteiger partial charge on any atom is 0.471 e. The fourth-order valence-corrected chi connectivity index (χ4v) is 2.81. The van der Waals surface area contributed by atoms with Crippen LogP contribution >= 0.6 is 0 Å². The summed E-state index contributed by atoms with van der Waals surface area (Å²) in [5.41, 5.74) is 0. The van der Waals surface area contributed by atoms with Crippen molar-refractivity contribution in [2.75, 3.05) is 13.1 Å². The zero-order valence-electron chi connectivity index (χ0n) is 10.5. The molecule has 9 heteroatoms. The second kappa shape index (κ2) is 4.72. The first-order chi connectivity index (χ1) is 9.45. The van der Waals surface area contributed by atoms with Crippen molar-refractivity contribution in [2.24, 2.45) is 0 Å². The van der Waals surface area contributed by atoms with E-state index in [0.717, 1.165) is 13.0 Å². The van der Waals surface area contributed by atoms with E-state index in [1.165, 1.54) is 0 Å². The maximum atomic E-state index is 12.3. The summed E-state index contributed by atoms with van der Waals surface area (Å²) in [4.78, 5) is 16.8. The van der Waals surface area contributed by atoms with Crippen LogP contribution in [0, 0.1) is 0 Å². The highest BCUT2D eigenvalue weighted by molar-refractivity contribution is 5.80. The molecule has 0 aliphatic carbocycles. The molecule has 2 fully saturated rings. The molecule has 6 nitrogen and oxygen atoms in total. The molecule has 2 aliphatic rings. The maximum absolute atomic E-state index is 12.3. The number of nitrogens with zero attached hydrogens (tertiary/aromatic N) is 3. The molecular formula is C11H13F3N4O2. The molecule has 0 radical (unpaired) electrons. The highest BCUT2D eigenvalue weighted by atomic mass is 19.4. The number of hydrogen-bond acceptors (Lipinski definition) is 5. The van der Waals surface area contributed by atoms with Gasteiger partial charge in [0.2, 0.25) is 5.91 Å². The molecule has 1 aromatic rings. The van der Waals surface area contributed by atoms with E-state index >= 15 is 0 Å². The predicted molar refractivity (Wildman–Crippen MR) is 59.5 cm³/mol. The number of carbonyl (C=O) groups is 1. The van der Waals surface area contributed by atoms with E-state index in [9.17, 15) is 18.0 Å². The number of hydrogen-bond donors (Lipinski definition) is 1. The standard InChI is InChI=1S/C11H13F3N4O2/c12-11(13,14)10-16-8(17-20-10)2-4-18-7-1-3-15-6(7)5-9(18)19/h6-7,15H,1-5H2/t6-,7-/m1/s1. The smallest absolute Gasteiger partial charge is 0.338 e. The number of aromatic nitrogens is 2. The Bertz CT molecular complexity index is 516. The lowest BCUT2D eigenvalue weighted by Gasteiger charge is -2.22. The number of amides is 1. The average molecular weight is 290 g/mol. The molecule has 1 aromatic heterocycles. The van der Waals surface area contributed by atoms with Crippen molar-refractivity contribution in [3.8, 4) is 0 Å². The summed E-state index contributed by atoms with van der Waals surface area (Å²) >= 11 is 0. The van der Waals surface area contributed by atoms with E-state index in [-0.39, 0.29) is 30.2 Å². The third-order valence-electron chi connectivity index (χ3n) is 3.71. The van der Waals surface area contributed by atoms with Crippen LogP contribution in [-0.4, -0.2) is 46.1 Å². The minimum atomic E-state index is -4.63. The van der Waals surface area contributed by atoms with Crippen LogP contribution < -0.4 is 5.32 Å². The van der Waals surface area contributed by atoms with Gasteiger partial charge in [-0.1, -0.05) is 5.16 Å². The Labute approximate surface area is 112 Å². The quantitative estimate of drug-likeness (QED) is 0.882. The zero-order valence-corrected chi connectivity index (χ0v) is 10.5. The lowest BCUT2D eigenvalue weighted by molar-refractivity contribution is -0.159. The lowest BCUT2D eigenvalue weighted by atomic mass is 10.1. The topological polar surface area (TPSA) is 71.3 Å². The zero-order chi connectivity index (χ0) is 14.3. The van der Waals surface area contributed by atoms with E-state index < -0.39 is 12.1 Å². The first-order valence-electron chi connectivity index (χ1n) is 6.38. The summed E-state index contributed by atoms with van der Waals surface area (Å²) in [6.45, 7) is 1.18. The Balaban J connectivity index is 1.62. The second-order valence-corrected chi connectivity index (χ2v) is 4.97. The minimum absolute atomic E-state index is 0.0201. The van der Waals surface area contributed by atoms with Crippen molar-refractivity contribution in [2.45, 2.75) is 37.5 Å². The number of carbonyl (C=O) groups excluding carboxylic acids is 1. The van der Waals surface area contributed by atoms with Crippen molar-refractivity contribution in [1.82, 2.24) is 20.4 Å². The Morgan fingerprint density at radius 3 is 2.95 bits per heavy atom. The molecule has 0 bridgehead atoms. The summed E-state index contributed by atoms with van der Waals surface area (Å²) in [5.74, 6) is -1.35. The molecule has 1 N–H and O–H groups in total. The molecule has 110 valence electrons. The van der Waals surface area contributed by atoms with Gasteiger partial charge in [-0.2, -0.15) is 18.2 Å². The molecule has 0 saturated carbocycles. The van der Waals surface area contributed by atoms with Crippen molar-refractivity contribution < 1.29 is 22.5 Å². The first kappa shape index (κ1) is 13.3. The van der Waals surface area contributed by atoms with Crippen molar-refractivity contribution in [3.63, 3.8) is 0 Å². The van der Waals surface area contributed by atoms with Gasteiger partial charge in [-0.05, 0) is 13.0 Å². The summed E-state index contributed by atoms with van der Waals surface area (Å²) in [5, 5.41) is 6.53. The first-order valence-corrected chi connectivity index (χ1v) is 6.38. The van der Waals surface area contributed by atoms with Crippen molar-refractivity contribution in [3.05, 3.63) is 11.7 Å². The third kappa shape index (κ3) is 2.37. The number of alkyl halides is 3. The van der Waals surface area contributed by atoms with Crippen molar-refractivity contribution in [1.29, 1.82) is 0 Å². The molecule has 0 unspecified atom stereocenters. The average Bonchev–Trinajstić information content (AvgIpc) is 3.01. The number of nitrogens with one attached hydrogen (secondary N) is 1. The summed E-state index contributed by atoms with van der Waals surface area (Å²) in [6, 6.07) is 0.301. The fourth-order valence-electron chi connectivity index (χ4n) is 2.81. The molecule has 20 heavy (non-hydrogen) atoms. The van der Waals surface area contributed by atoms with Gasteiger partial charge in [-0.15, -0.1) is 0 Å². The van der Waals surface area contributed by atoms with E-state index in [4.69, 9.17) is 0 Å². The third-order valence-corrected chi connectivity index (χ3v) is 3.71. The van der Waals surface area contributed by atoms with Crippen LogP contribution in [0.25, 0.3) is 0 Å². The van der Waals surface area contributed by atoms with Crippen LogP contribution in [0.5, 0.6) is 0 Å². The van der Waals surface area contributed by atoms with Crippen LogP contribution in [0.4, 0.5) is 13.2 Å². The van der Waals surface area contributed by atoms with Crippen LogP contribution in [0.3, 0.4) is 0 Å². The van der Waals surface area contributed by atoms with Gasteiger partial charge in [0.25, 0.3) is 0 Å². The van der Waals surface area contributed by atoms with Crippen LogP contribution in [0.2, 0.25) is 0 Å². The molecule has 0 spiro atoms. The van der Waals surface area contributed by atoms with Crippen LogP contribution in [0.15, 0.2) is 4.52 Å².